The summed E-state index contributed by atoms with van der Waals surface area (Å²) in [5.41, 5.74) is 2.69. The highest BCUT2D eigenvalue weighted by molar-refractivity contribution is 6.30. The molecule has 0 radical (unpaired) electrons. The molecule has 0 saturated heterocycles. The van der Waals surface area contributed by atoms with Crippen molar-refractivity contribution in [3.63, 3.8) is 0 Å². The Bertz CT molecular complexity index is 1100. The first-order chi connectivity index (χ1) is 12.7. The minimum atomic E-state index is -0.265. The third kappa shape index (κ3) is 3.53. The van der Waals surface area contributed by atoms with Gasteiger partial charge in [-0.25, -0.2) is 4.98 Å². The van der Waals surface area contributed by atoms with Gasteiger partial charge in [0.25, 0.3) is 0 Å². The standard InChI is InChI=1S/C20H13ClN2O3/c21-14-4-1-3-13(11-14)20-23-17-12-15(6-8-18(17)26-20)22-19(24)9-7-16-5-2-10-25-16/h1-12H,(H,22,24)/b9-7+. The maximum Gasteiger partial charge on any atom is 0.248 e. The predicted octanol–water partition coefficient (Wildman–Crippen LogP) is 5.39. The fourth-order valence-corrected chi connectivity index (χ4v) is 2.67. The molecule has 26 heavy (non-hydrogen) atoms. The number of aromatic nitrogens is 1. The average molecular weight is 365 g/mol. The first kappa shape index (κ1) is 16.2. The SMILES string of the molecule is O=C(/C=C/c1ccco1)Nc1ccc2oc(-c3cccc(Cl)c3)nc2c1. The third-order valence-electron chi connectivity index (χ3n) is 3.67. The lowest BCUT2D eigenvalue weighted by atomic mass is 10.2. The largest absolute Gasteiger partial charge is 0.465 e. The second kappa shape index (κ2) is 6.90. The van der Waals surface area contributed by atoms with Crippen LogP contribution >= 0.6 is 11.6 Å². The second-order valence-electron chi connectivity index (χ2n) is 5.55. The van der Waals surface area contributed by atoms with E-state index in [1.54, 1.807) is 54.8 Å². The summed E-state index contributed by atoms with van der Waals surface area (Å²) in [4.78, 5) is 16.5. The minimum absolute atomic E-state index is 0.265. The third-order valence-corrected chi connectivity index (χ3v) is 3.90. The first-order valence-corrected chi connectivity index (χ1v) is 8.24. The fraction of sp³-hybridized carbons (Fsp3) is 0. The monoisotopic (exact) mass is 364 g/mol. The molecule has 1 N–H and O–H groups in total. The number of halogens is 1. The molecule has 6 heteroatoms. The van der Waals surface area contributed by atoms with Crippen LogP contribution in [0.25, 0.3) is 28.6 Å². The van der Waals surface area contributed by atoms with Crippen LogP contribution in [0.4, 0.5) is 5.69 Å². The van der Waals surface area contributed by atoms with E-state index in [1.165, 1.54) is 6.08 Å². The highest BCUT2D eigenvalue weighted by Crippen LogP contribution is 2.27. The van der Waals surface area contributed by atoms with E-state index in [1.807, 2.05) is 12.1 Å². The molecule has 0 atom stereocenters. The van der Waals surface area contributed by atoms with E-state index in [-0.39, 0.29) is 5.91 Å². The van der Waals surface area contributed by atoms with Crippen molar-refractivity contribution in [3.8, 4) is 11.5 Å². The van der Waals surface area contributed by atoms with Crippen molar-refractivity contribution >= 4 is 40.4 Å². The van der Waals surface area contributed by atoms with Crippen LogP contribution in [-0.2, 0) is 4.79 Å². The van der Waals surface area contributed by atoms with Crippen molar-refractivity contribution in [3.05, 3.63) is 77.7 Å². The van der Waals surface area contributed by atoms with Gasteiger partial charge >= 0.3 is 0 Å². The molecular weight excluding hydrogens is 352 g/mol. The molecule has 128 valence electrons. The van der Waals surface area contributed by atoms with Gasteiger partial charge in [-0.3, -0.25) is 4.79 Å². The average Bonchev–Trinajstić information content (AvgIpc) is 3.29. The van der Waals surface area contributed by atoms with E-state index < -0.39 is 0 Å². The van der Waals surface area contributed by atoms with Gasteiger partial charge in [0.2, 0.25) is 11.8 Å². The van der Waals surface area contributed by atoms with Gasteiger partial charge in [-0.05, 0) is 54.6 Å². The molecule has 2 aromatic carbocycles. The molecule has 1 amide bonds. The van der Waals surface area contributed by atoms with Crippen molar-refractivity contribution in [1.29, 1.82) is 0 Å². The number of hydrogen-bond acceptors (Lipinski definition) is 4. The Hall–Kier alpha value is -3.31. The normalized spacial score (nSPS) is 11.3. The highest BCUT2D eigenvalue weighted by Gasteiger charge is 2.10. The maximum atomic E-state index is 12.0. The van der Waals surface area contributed by atoms with Gasteiger partial charge in [0.1, 0.15) is 11.3 Å². The van der Waals surface area contributed by atoms with Crippen molar-refractivity contribution in [2.24, 2.45) is 0 Å². The molecular formula is C20H13ClN2O3. The van der Waals surface area contributed by atoms with E-state index in [0.29, 0.717) is 33.5 Å². The Morgan fingerprint density at radius 3 is 2.85 bits per heavy atom. The predicted molar refractivity (Wildman–Crippen MR) is 101 cm³/mol. The molecule has 4 rings (SSSR count). The Morgan fingerprint density at radius 2 is 2.04 bits per heavy atom. The summed E-state index contributed by atoms with van der Waals surface area (Å²) in [6.45, 7) is 0. The van der Waals surface area contributed by atoms with Crippen LogP contribution in [0.3, 0.4) is 0 Å². The van der Waals surface area contributed by atoms with Crippen LogP contribution in [-0.4, -0.2) is 10.9 Å². The lowest BCUT2D eigenvalue weighted by Gasteiger charge is -2.00. The number of amides is 1. The zero-order chi connectivity index (χ0) is 17.9. The van der Waals surface area contributed by atoms with Crippen molar-refractivity contribution in [2.75, 3.05) is 5.32 Å². The quantitative estimate of drug-likeness (QED) is 0.493. The summed E-state index contributed by atoms with van der Waals surface area (Å²) >= 11 is 6.01. The molecule has 0 saturated carbocycles. The summed E-state index contributed by atoms with van der Waals surface area (Å²) in [5.74, 6) is 0.821. The van der Waals surface area contributed by atoms with Gasteiger partial charge in [0.15, 0.2) is 5.58 Å². The molecule has 0 aliphatic rings. The van der Waals surface area contributed by atoms with Crippen molar-refractivity contribution < 1.29 is 13.6 Å². The molecule has 0 bridgehead atoms. The van der Waals surface area contributed by atoms with Gasteiger partial charge in [-0.15, -0.1) is 0 Å². The number of nitrogens with zero attached hydrogens (tertiary/aromatic N) is 1. The van der Waals surface area contributed by atoms with Crippen LogP contribution in [0.1, 0.15) is 5.76 Å². The number of benzene rings is 2. The number of nitrogens with one attached hydrogen (secondary N) is 1. The molecule has 0 unspecified atom stereocenters. The van der Waals surface area contributed by atoms with Crippen LogP contribution in [0, 0.1) is 0 Å². The van der Waals surface area contributed by atoms with Crippen LogP contribution in [0.5, 0.6) is 0 Å². The number of carbonyl (C=O) groups excluding carboxylic acids is 1. The fourth-order valence-electron chi connectivity index (χ4n) is 2.48. The maximum absolute atomic E-state index is 12.0. The first-order valence-electron chi connectivity index (χ1n) is 7.86. The summed E-state index contributed by atoms with van der Waals surface area (Å²) in [6.07, 6.45) is 4.55. The van der Waals surface area contributed by atoms with Gasteiger partial charge in [0.05, 0.1) is 6.26 Å². The Labute approximate surface area is 153 Å². The number of furan rings is 1. The molecule has 0 fully saturated rings. The molecule has 2 aromatic heterocycles. The summed E-state index contributed by atoms with van der Waals surface area (Å²) < 4.78 is 10.9. The number of anilines is 1. The van der Waals surface area contributed by atoms with Gasteiger partial charge < -0.3 is 14.2 Å². The van der Waals surface area contributed by atoms with E-state index in [4.69, 9.17) is 20.4 Å². The van der Waals surface area contributed by atoms with Gasteiger partial charge in [0, 0.05) is 22.3 Å². The zero-order valence-corrected chi connectivity index (χ0v) is 14.2. The molecule has 5 nitrogen and oxygen atoms in total. The minimum Gasteiger partial charge on any atom is -0.465 e. The lowest BCUT2D eigenvalue weighted by molar-refractivity contribution is -0.111. The zero-order valence-electron chi connectivity index (χ0n) is 13.5. The topological polar surface area (TPSA) is 68.3 Å². The Balaban J connectivity index is 1.55. The number of fused-ring (bicyclic) bond motifs is 1. The Kier molecular flexibility index (Phi) is 4.29. The summed E-state index contributed by atoms with van der Waals surface area (Å²) in [6, 6.07) is 16.1. The van der Waals surface area contributed by atoms with Crippen LogP contribution in [0.2, 0.25) is 5.02 Å². The van der Waals surface area contributed by atoms with Crippen molar-refractivity contribution in [2.45, 2.75) is 0 Å². The van der Waals surface area contributed by atoms with Crippen molar-refractivity contribution in [1.82, 2.24) is 4.98 Å². The summed E-state index contributed by atoms with van der Waals surface area (Å²) in [7, 11) is 0. The number of hydrogen-bond donors (Lipinski definition) is 1. The summed E-state index contributed by atoms with van der Waals surface area (Å²) in [5, 5.41) is 3.40. The number of oxazole rings is 1. The van der Waals surface area contributed by atoms with E-state index >= 15 is 0 Å². The second-order valence-corrected chi connectivity index (χ2v) is 5.99. The van der Waals surface area contributed by atoms with E-state index in [2.05, 4.69) is 10.3 Å². The van der Waals surface area contributed by atoms with Crippen LogP contribution < -0.4 is 5.32 Å². The molecule has 0 aliphatic heterocycles. The Morgan fingerprint density at radius 1 is 1.12 bits per heavy atom. The van der Waals surface area contributed by atoms with E-state index in [0.717, 1.165) is 5.56 Å². The number of rotatable bonds is 4. The molecule has 4 aromatic rings. The van der Waals surface area contributed by atoms with Crippen LogP contribution in [0.15, 0.2) is 75.8 Å². The van der Waals surface area contributed by atoms with Gasteiger partial charge in [-0.2, -0.15) is 0 Å². The molecule has 2 heterocycles. The van der Waals surface area contributed by atoms with Gasteiger partial charge in [-0.1, -0.05) is 17.7 Å². The molecule has 0 spiro atoms. The molecule has 0 aliphatic carbocycles. The lowest BCUT2D eigenvalue weighted by Crippen LogP contribution is -2.07. The smallest absolute Gasteiger partial charge is 0.248 e. The number of carbonyl (C=O) groups is 1. The van der Waals surface area contributed by atoms with E-state index in [9.17, 15) is 4.79 Å². The highest BCUT2D eigenvalue weighted by atomic mass is 35.5.